The van der Waals surface area contributed by atoms with Gasteiger partial charge in [-0.15, -0.1) is 0 Å². The Bertz CT molecular complexity index is 456. The molecule has 14 heavy (non-hydrogen) atoms. The molecule has 1 heterocycles. The second kappa shape index (κ2) is 3.84. The second-order valence-electron chi connectivity index (χ2n) is 2.89. The molecule has 0 atom stereocenters. The zero-order valence-corrected chi connectivity index (χ0v) is 8.58. The highest BCUT2D eigenvalue weighted by Crippen LogP contribution is 2.28. The number of pyridine rings is 1. The zero-order valence-electron chi connectivity index (χ0n) is 7.83. The highest BCUT2D eigenvalue weighted by Gasteiger charge is 2.04. The van der Waals surface area contributed by atoms with Crippen LogP contribution < -0.4 is 4.74 Å². The molecular formula is C11H10ClNO. The summed E-state index contributed by atoms with van der Waals surface area (Å²) in [6.07, 6.45) is 1.66. The summed E-state index contributed by atoms with van der Waals surface area (Å²) in [6.45, 7) is 2.58. The molecule has 0 saturated heterocycles. The summed E-state index contributed by atoms with van der Waals surface area (Å²) in [6, 6.07) is 7.81. The summed E-state index contributed by atoms with van der Waals surface area (Å²) in [4.78, 5) is 4.07. The van der Waals surface area contributed by atoms with Crippen LogP contribution in [0.1, 0.15) is 6.92 Å². The van der Waals surface area contributed by atoms with Gasteiger partial charge in [0, 0.05) is 10.8 Å². The predicted octanol–water partition coefficient (Wildman–Crippen LogP) is 3.29. The van der Waals surface area contributed by atoms with Crippen molar-refractivity contribution < 1.29 is 4.74 Å². The minimum Gasteiger partial charge on any atom is -0.492 e. The van der Waals surface area contributed by atoms with Gasteiger partial charge in [-0.1, -0.05) is 35.9 Å². The van der Waals surface area contributed by atoms with Crippen LogP contribution in [-0.4, -0.2) is 11.6 Å². The van der Waals surface area contributed by atoms with Crippen LogP contribution in [-0.2, 0) is 0 Å². The number of fused-ring (bicyclic) bond motifs is 1. The number of rotatable bonds is 2. The fourth-order valence-corrected chi connectivity index (χ4v) is 1.62. The first-order valence-corrected chi connectivity index (χ1v) is 4.86. The minimum atomic E-state index is 0.518. The summed E-state index contributed by atoms with van der Waals surface area (Å²) in [5.74, 6) is 0.785. The molecule has 0 amide bonds. The van der Waals surface area contributed by atoms with Crippen molar-refractivity contribution in [3.63, 3.8) is 0 Å². The van der Waals surface area contributed by atoms with E-state index >= 15 is 0 Å². The molecule has 0 fully saturated rings. The van der Waals surface area contributed by atoms with E-state index in [1.54, 1.807) is 6.20 Å². The first-order chi connectivity index (χ1) is 6.83. The molecule has 0 aliphatic rings. The molecule has 1 aromatic carbocycles. The quantitative estimate of drug-likeness (QED) is 0.705. The normalized spacial score (nSPS) is 10.4. The van der Waals surface area contributed by atoms with Crippen molar-refractivity contribution in [3.05, 3.63) is 35.6 Å². The summed E-state index contributed by atoms with van der Waals surface area (Å²) in [5.41, 5.74) is 0. The molecule has 2 aromatic rings. The Labute approximate surface area is 87.5 Å². The molecule has 0 radical (unpaired) electrons. The molecule has 0 bridgehead atoms. The molecule has 0 unspecified atom stereocenters. The van der Waals surface area contributed by atoms with Crippen LogP contribution in [0.25, 0.3) is 10.8 Å². The summed E-state index contributed by atoms with van der Waals surface area (Å²) >= 11 is 5.96. The van der Waals surface area contributed by atoms with Gasteiger partial charge < -0.3 is 4.74 Å². The average molecular weight is 208 g/mol. The van der Waals surface area contributed by atoms with E-state index in [9.17, 15) is 0 Å². The van der Waals surface area contributed by atoms with Crippen molar-refractivity contribution in [2.75, 3.05) is 6.61 Å². The lowest BCUT2D eigenvalue weighted by atomic mass is 10.2. The van der Waals surface area contributed by atoms with Crippen molar-refractivity contribution in [2.45, 2.75) is 6.92 Å². The van der Waals surface area contributed by atoms with Gasteiger partial charge in [0.2, 0.25) is 0 Å². The largest absolute Gasteiger partial charge is 0.492 e. The maximum Gasteiger partial charge on any atom is 0.145 e. The molecule has 72 valence electrons. The zero-order chi connectivity index (χ0) is 9.97. The van der Waals surface area contributed by atoms with Crippen molar-refractivity contribution in [2.24, 2.45) is 0 Å². The van der Waals surface area contributed by atoms with Gasteiger partial charge in [0.25, 0.3) is 0 Å². The van der Waals surface area contributed by atoms with Gasteiger partial charge in [0.15, 0.2) is 0 Å². The van der Waals surface area contributed by atoms with E-state index in [1.165, 1.54) is 0 Å². The molecule has 0 aliphatic heterocycles. The molecule has 0 spiro atoms. The lowest BCUT2D eigenvalue weighted by molar-refractivity contribution is 0.343. The average Bonchev–Trinajstić information content (AvgIpc) is 2.23. The minimum absolute atomic E-state index is 0.518. The Hall–Kier alpha value is -1.28. The number of ether oxygens (including phenoxy) is 1. The van der Waals surface area contributed by atoms with E-state index in [0.717, 1.165) is 16.5 Å². The van der Waals surface area contributed by atoms with Crippen molar-refractivity contribution in [1.29, 1.82) is 0 Å². The van der Waals surface area contributed by atoms with Gasteiger partial charge >= 0.3 is 0 Å². The Morgan fingerprint density at radius 2 is 2.00 bits per heavy atom. The smallest absolute Gasteiger partial charge is 0.145 e. The first-order valence-electron chi connectivity index (χ1n) is 4.49. The van der Waals surface area contributed by atoms with E-state index in [0.29, 0.717) is 11.8 Å². The fourth-order valence-electron chi connectivity index (χ4n) is 1.40. The van der Waals surface area contributed by atoms with Crippen LogP contribution in [0.2, 0.25) is 5.15 Å². The number of nitrogens with zero attached hydrogens (tertiary/aromatic N) is 1. The topological polar surface area (TPSA) is 22.1 Å². The summed E-state index contributed by atoms with van der Waals surface area (Å²) < 4.78 is 5.45. The standard InChI is InChI=1S/C11H10ClNO/c1-2-14-10-7-13-11(12)9-6-4-3-5-8(9)10/h3-7H,2H2,1H3. The summed E-state index contributed by atoms with van der Waals surface area (Å²) in [5, 5.41) is 2.46. The van der Waals surface area contributed by atoms with Crippen LogP contribution in [0.4, 0.5) is 0 Å². The van der Waals surface area contributed by atoms with Crippen molar-refractivity contribution in [1.82, 2.24) is 4.98 Å². The fraction of sp³-hybridized carbons (Fsp3) is 0.182. The van der Waals surface area contributed by atoms with E-state index in [1.807, 2.05) is 31.2 Å². The van der Waals surface area contributed by atoms with Crippen LogP contribution >= 0.6 is 11.6 Å². The van der Waals surface area contributed by atoms with Gasteiger partial charge in [-0.3, -0.25) is 0 Å². The number of hydrogen-bond acceptors (Lipinski definition) is 2. The SMILES string of the molecule is CCOc1cnc(Cl)c2ccccc12. The molecule has 1 aromatic heterocycles. The third-order valence-corrected chi connectivity index (χ3v) is 2.31. The highest BCUT2D eigenvalue weighted by molar-refractivity contribution is 6.34. The molecular weight excluding hydrogens is 198 g/mol. The van der Waals surface area contributed by atoms with E-state index in [4.69, 9.17) is 16.3 Å². The summed E-state index contributed by atoms with van der Waals surface area (Å²) in [7, 11) is 0. The third kappa shape index (κ3) is 1.53. The Kier molecular flexibility index (Phi) is 2.55. The van der Waals surface area contributed by atoms with Crippen LogP contribution in [0.5, 0.6) is 5.75 Å². The van der Waals surface area contributed by atoms with E-state index < -0.39 is 0 Å². The van der Waals surface area contributed by atoms with Crippen LogP contribution in [0.3, 0.4) is 0 Å². The Balaban J connectivity index is 2.68. The lowest BCUT2D eigenvalue weighted by Crippen LogP contribution is -1.93. The molecule has 2 rings (SSSR count). The number of hydrogen-bond donors (Lipinski definition) is 0. The molecule has 2 nitrogen and oxygen atoms in total. The van der Waals surface area contributed by atoms with Crippen LogP contribution in [0, 0.1) is 0 Å². The number of aromatic nitrogens is 1. The lowest BCUT2D eigenvalue weighted by Gasteiger charge is -2.07. The van der Waals surface area contributed by atoms with Crippen molar-refractivity contribution in [3.8, 4) is 5.75 Å². The van der Waals surface area contributed by atoms with Crippen molar-refractivity contribution >= 4 is 22.4 Å². The van der Waals surface area contributed by atoms with Gasteiger partial charge in [-0.05, 0) is 6.92 Å². The highest BCUT2D eigenvalue weighted by atomic mass is 35.5. The van der Waals surface area contributed by atoms with Gasteiger partial charge in [0.1, 0.15) is 10.9 Å². The van der Waals surface area contributed by atoms with Gasteiger partial charge in [-0.2, -0.15) is 0 Å². The Morgan fingerprint density at radius 1 is 1.29 bits per heavy atom. The molecule has 3 heteroatoms. The molecule has 0 saturated carbocycles. The predicted molar refractivity (Wildman–Crippen MR) is 57.9 cm³/mol. The van der Waals surface area contributed by atoms with E-state index in [-0.39, 0.29) is 0 Å². The first kappa shape index (κ1) is 9.28. The third-order valence-electron chi connectivity index (χ3n) is 2.01. The van der Waals surface area contributed by atoms with Gasteiger partial charge in [0.05, 0.1) is 12.8 Å². The monoisotopic (exact) mass is 207 g/mol. The second-order valence-corrected chi connectivity index (χ2v) is 3.25. The maximum atomic E-state index is 5.96. The number of benzene rings is 1. The molecule has 0 aliphatic carbocycles. The maximum absolute atomic E-state index is 5.96. The molecule has 0 N–H and O–H groups in total. The number of halogens is 1. The van der Waals surface area contributed by atoms with Crippen LogP contribution in [0.15, 0.2) is 30.5 Å². The van der Waals surface area contributed by atoms with E-state index in [2.05, 4.69) is 4.98 Å². The van der Waals surface area contributed by atoms with Gasteiger partial charge in [-0.25, -0.2) is 4.98 Å². The Morgan fingerprint density at radius 3 is 2.71 bits per heavy atom.